The Balaban J connectivity index is 1.72. The number of benzene rings is 1. The van der Waals surface area contributed by atoms with E-state index in [1.807, 2.05) is 24.3 Å². The number of likely N-dealkylation sites (N-methyl/N-ethyl adjacent to an activating group) is 1. The molecule has 0 unspecified atom stereocenters. The van der Waals surface area contributed by atoms with Gasteiger partial charge >= 0.3 is 0 Å². The van der Waals surface area contributed by atoms with Crippen LogP contribution in [0, 0.1) is 0 Å². The minimum atomic E-state index is 0.106. The fourth-order valence-corrected chi connectivity index (χ4v) is 3.05. The van der Waals surface area contributed by atoms with E-state index in [1.54, 1.807) is 7.11 Å². The first-order valence-electron chi connectivity index (χ1n) is 8.22. The molecule has 1 aliphatic carbocycles. The summed E-state index contributed by atoms with van der Waals surface area (Å²) in [6.45, 7) is 1.70. The molecule has 1 aromatic carbocycles. The molecule has 0 aliphatic heterocycles. The zero-order chi connectivity index (χ0) is 15.8. The second kappa shape index (κ2) is 8.91. The Kier molecular flexibility index (Phi) is 6.87. The van der Waals surface area contributed by atoms with E-state index in [0.717, 1.165) is 11.1 Å². The van der Waals surface area contributed by atoms with Crippen molar-refractivity contribution in [1.29, 1.82) is 0 Å². The second-order valence-corrected chi connectivity index (χ2v) is 6.23. The average molecular weight is 304 g/mol. The number of methoxy groups -OCH3 is 1. The highest BCUT2D eigenvalue weighted by Crippen LogP contribution is 2.21. The van der Waals surface area contributed by atoms with Crippen molar-refractivity contribution in [2.75, 3.05) is 20.7 Å². The number of nitrogens with zero attached hydrogens (tertiary/aromatic N) is 1. The van der Waals surface area contributed by atoms with Gasteiger partial charge in [-0.15, -0.1) is 0 Å². The van der Waals surface area contributed by atoms with E-state index in [-0.39, 0.29) is 5.91 Å². The van der Waals surface area contributed by atoms with Gasteiger partial charge in [-0.1, -0.05) is 43.5 Å². The molecule has 22 heavy (non-hydrogen) atoms. The summed E-state index contributed by atoms with van der Waals surface area (Å²) in [6.07, 6.45) is 6.39. The Morgan fingerprint density at radius 1 is 1.18 bits per heavy atom. The van der Waals surface area contributed by atoms with Crippen LogP contribution in [0.3, 0.4) is 0 Å². The molecule has 122 valence electrons. The van der Waals surface area contributed by atoms with Crippen molar-refractivity contribution in [2.45, 2.75) is 51.3 Å². The first-order chi connectivity index (χ1) is 10.7. The predicted molar refractivity (Wildman–Crippen MR) is 88.5 cm³/mol. The van der Waals surface area contributed by atoms with Gasteiger partial charge in [-0.05, 0) is 31.0 Å². The lowest BCUT2D eigenvalue weighted by Crippen LogP contribution is -2.41. The fraction of sp³-hybridized carbons (Fsp3) is 0.611. The molecule has 1 amide bonds. The second-order valence-electron chi connectivity index (χ2n) is 6.23. The third kappa shape index (κ3) is 5.43. The highest BCUT2D eigenvalue weighted by Gasteiger charge is 2.19. The lowest BCUT2D eigenvalue weighted by molar-refractivity contribution is -0.122. The normalized spacial score (nSPS) is 16.0. The van der Waals surface area contributed by atoms with Gasteiger partial charge in [-0.2, -0.15) is 0 Å². The van der Waals surface area contributed by atoms with Crippen LogP contribution in [0.25, 0.3) is 0 Å². The van der Waals surface area contributed by atoms with E-state index in [1.165, 1.54) is 32.1 Å². The minimum Gasteiger partial charge on any atom is -0.380 e. The molecule has 0 bridgehead atoms. The Morgan fingerprint density at radius 3 is 2.45 bits per heavy atom. The monoisotopic (exact) mass is 304 g/mol. The molecule has 0 radical (unpaired) electrons. The summed E-state index contributed by atoms with van der Waals surface area (Å²) in [5.41, 5.74) is 2.27. The predicted octanol–water partition coefficient (Wildman–Crippen LogP) is 2.71. The van der Waals surface area contributed by atoms with Crippen LogP contribution >= 0.6 is 0 Å². The zero-order valence-electron chi connectivity index (χ0n) is 13.8. The van der Waals surface area contributed by atoms with Gasteiger partial charge in [0.2, 0.25) is 5.91 Å². The number of rotatable bonds is 7. The Morgan fingerprint density at radius 2 is 1.82 bits per heavy atom. The van der Waals surface area contributed by atoms with Crippen molar-refractivity contribution >= 4 is 5.91 Å². The van der Waals surface area contributed by atoms with E-state index in [2.05, 4.69) is 17.3 Å². The lowest BCUT2D eigenvalue weighted by atomic mass is 9.94. The average Bonchev–Trinajstić information content (AvgIpc) is 2.55. The topological polar surface area (TPSA) is 41.6 Å². The lowest BCUT2D eigenvalue weighted by Gasteiger charge is -2.30. The maximum Gasteiger partial charge on any atom is 0.234 e. The number of amides is 1. The Bertz CT molecular complexity index is 453. The first kappa shape index (κ1) is 17.0. The number of hydrogen-bond donors (Lipinski definition) is 1. The third-order valence-corrected chi connectivity index (χ3v) is 4.41. The van der Waals surface area contributed by atoms with Crippen LogP contribution in [0.2, 0.25) is 0 Å². The molecule has 4 heteroatoms. The van der Waals surface area contributed by atoms with Gasteiger partial charge < -0.3 is 10.1 Å². The highest BCUT2D eigenvalue weighted by atomic mass is 16.5. The van der Waals surface area contributed by atoms with Gasteiger partial charge in [-0.25, -0.2) is 0 Å². The summed E-state index contributed by atoms with van der Waals surface area (Å²) in [4.78, 5) is 14.3. The summed E-state index contributed by atoms with van der Waals surface area (Å²) in [5, 5.41) is 3.01. The Hall–Kier alpha value is -1.39. The minimum absolute atomic E-state index is 0.106. The van der Waals surface area contributed by atoms with Crippen molar-refractivity contribution in [3.05, 3.63) is 35.4 Å². The van der Waals surface area contributed by atoms with Crippen molar-refractivity contribution in [1.82, 2.24) is 10.2 Å². The fourth-order valence-electron chi connectivity index (χ4n) is 3.05. The SMILES string of the molecule is COCc1ccc(CNC(=O)CN(C)C2CCCCC2)cc1. The summed E-state index contributed by atoms with van der Waals surface area (Å²) >= 11 is 0. The van der Waals surface area contributed by atoms with Crippen LogP contribution in [0.1, 0.15) is 43.2 Å². The number of hydrogen-bond acceptors (Lipinski definition) is 3. The van der Waals surface area contributed by atoms with Crippen LogP contribution in [-0.2, 0) is 22.7 Å². The van der Waals surface area contributed by atoms with E-state index in [4.69, 9.17) is 4.74 Å². The van der Waals surface area contributed by atoms with Crippen LogP contribution in [0.4, 0.5) is 0 Å². The molecule has 0 atom stereocenters. The van der Waals surface area contributed by atoms with Gasteiger partial charge in [0.15, 0.2) is 0 Å². The van der Waals surface area contributed by atoms with Crippen molar-refractivity contribution < 1.29 is 9.53 Å². The molecule has 1 saturated carbocycles. The van der Waals surface area contributed by atoms with Crippen LogP contribution < -0.4 is 5.32 Å². The molecule has 4 nitrogen and oxygen atoms in total. The maximum atomic E-state index is 12.1. The molecule has 2 rings (SSSR count). The maximum absolute atomic E-state index is 12.1. The van der Waals surface area contributed by atoms with E-state index >= 15 is 0 Å². The molecule has 1 aromatic rings. The van der Waals surface area contributed by atoms with Gasteiger partial charge in [0.25, 0.3) is 0 Å². The number of carbonyl (C=O) groups is 1. The number of carbonyl (C=O) groups excluding carboxylic acids is 1. The summed E-state index contributed by atoms with van der Waals surface area (Å²) < 4.78 is 5.09. The van der Waals surface area contributed by atoms with E-state index < -0.39 is 0 Å². The molecule has 1 fully saturated rings. The van der Waals surface area contributed by atoms with Gasteiger partial charge in [0.05, 0.1) is 13.2 Å². The van der Waals surface area contributed by atoms with E-state index in [0.29, 0.717) is 25.7 Å². The van der Waals surface area contributed by atoms with Crippen LogP contribution in [0.5, 0.6) is 0 Å². The standard InChI is InChI=1S/C18H28N2O2/c1-20(17-6-4-3-5-7-17)13-18(21)19-12-15-8-10-16(11-9-15)14-22-2/h8-11,17H,3-7,12-14H2,1-2H3,(H,19,21). The van der Waals surface area contributed by atoms with Crippen molar-refractivity contribution in [3.63, 3.8) is 0 Å². The molecular formula is C18H28N2O2. The van der Waals surface area contributed by atoms with Crippen LogP contribution in [-0.4, -0.2) is 37.6 Å². The number of ether oxygens (including phenoxy) is 1. The van der Waals surface area contributed by atoms with Crippen molar-refractivity contribution in [3.8, 4) is 0 Å². The summed E-state index contributed by atoms with van der Waals surface area (Å²) in [6, 6.07) is 8.74. The quantitative estimate of drug-likeness (QED) is 0.842. The Labute approximate surface area is 133 Å². The zero-order valence-corrected chi connectivity index (χ0v) is 13.8. The summed E-state index contributed by atoms with van der Waals surface area (Å²) in [7, 11) is 3.76. The molecule has 1 aliphatic rings. The molecule has 0 spiro atoms. The smallest absolute Gasteiger partial charge is 0.234 e. The molecule has 0 saturated heterocycles. The summed E-state index contributed by atoms with van der Waals surface area (Å²) in [5.74, 6) is 0.106. The molecule has 0 aromatic heterocycles. The molecule has 1 N–H and O–H groups in total. The first-order valence-corrected chi connectivity index (χ1v) is 8.22. The molecule has 0 heterocycles. The third-order valence-electron chi connectivity index (χ3n) is 4.41. The highest BCUT2D eigenvalue weighted by molar-refractivity contribution is 5.78. The van der Waals surface area contributed by atoms with Gasteiger partial charge in [0, 0.05) is 19.7 Å². The number of nitrogens with one attached hydrogen (secondary N) is 1. The molecular weight excluding hydrogens is 276 g/mol. The van der Waals surface area contributed by atoms with Gasteiger partial charge in [0.1, 0.15) is 0 Å². The van der Waals surface area contributed by atoms with E-state index in [9.17, 15) is 4.79 Å². The largest absolute Gasteiger partial charge is 0.380 e. The van der Waals surface area contributed by atoms with Crippen molar-refractivity contribution in [2.24, 2.45) is 0 Å². The van der Waals surface area contributed by atoms with Crippen LogP contribution in [0.15, 0.2) is 24.3 Å². The van der Waals surface area contributed by atoms with Gasteiger partial charge in [-0.3, -0.25) is 9.69 Å².